The predicted molar refractivity (Wildman–Crippen MR) is 85.8 cm³/mol. The Morgan fingerprint density at radius 1 is 1.14 bits per heavy atom. The van der Waals surface area contributed by atoms with Crippen molar-refractivity contribution in [2.24, 2.45) is 0 Å². The van der Waals surface area contributed by atoms with Crippen molar-refractivity contribution in [2.45, 2.75) is 38.6 Å². The van der Waals surface area contributed by atoms with Crippen LogP contribution in [0.5, 0.6) is 0 Å². The van der Waals surface area contributed by atoms with E-state index >= 15 is 0 Å². The molecule has 110 valence electrons. The predicted octanol–water partition coefficient (Wildman–Crippen LogP) is 4.87. The Bertz CT molecular complexity index is 617. The molecule has 2 aromatic rings. The minimum absolute atomic E-state index is 0.124. The van der Waals surface area contributed by atoms with Gasteiger partial charge < -0.3 is 5.32 Å². The van der Waals surface area contributed by atoms with Gasteiger partial charge in [-0.15, -0.1) is 0 Å². The lowest BCUT2D eigenvalue weighted by Gasteiger charge is -2.28. The van der Waals surface area contributed by atoms with Crippen molar-refractivity contribution in [3.8, 4) is 11.1 Å². The fraction of sp³-hybridized carbons (Fsp3) is 0.368. The van der Waals surface area contributed by atoms with E-state index in [0.717, 1.165) is 17.7 Å². The average Bonchev–Trinajstić information content (AvgIpc) is 2.45. The average molecular weight is 283 g/mol. The molecule has 1 aliphatic rings. The van der Waals surface area contributed by atoms with E-state index in [9.17, 15) is 4.39 Å². The summed E-state index contributed by atoms with van der Waals surface area (Å²) < 4.78 is 13.9. The van der Waals surface area contributed by atoms with Crippen molar-refractivity contribution in [1.29, 1.82) is 0 Å². The van der Waals surface area contributed by atoms with Crippen LogP contribution in [0.2, 0.25) is 0 Å². The zero-order valence-electron chi connectivity index (χ0n) is 12.5. The highest BCUT2D eigenvalue weighted by atomic mass is 19.1. The summed E-state index contributed by atoms with van der Waals surface area (Å²) in [4.78, 5) is 0. The van der Waals surface area contributed by atoms with Gasteiger partial charge in [0.1, 0.15) is 5.82 Å². The summed E-state index contributed by atoms with van der Waals surface area (Å²) in [6.07, 6.45) is 3.89. The molecule has 1 saturated carbocycles. The molecule has 0 radical (unpaired) electrons. The van der Waals surface area contributed by atoms with Gasteiger partial charge in [-0.05, 0) is 54.1 Å². The highest BCUT2D eigenvalue weighted by Gasteiger charge is 2.22. The molecule has 0 heterocycles. The zero-order chi connectivity index (χ0) is 14.7. The lowest BCUT2D eigenvalue weighted by Crippen LogP contribution is -2.13. The lowest BCUT2D eigenvalue weighted by molar-refractivity contribution is 0.420. The standard InChI is InChI=1S/C19H22FN/c1-2-21-13-16-12-15(10-11-19(16)20)18-9-4-3-8-17(18)14-6-5-7-14/h3-4,8-12,14,21H,2,5-7,13H2,1H3. The van der Waals surface area contributed by atoms with Crippen molar-refractivity contribution < 1.29 is 4.39 Å². The Morgan fingerprint density at radius 2 is 1.95 bits per heavy atom. The first-order chi connectivity index (χ1) is 10.3. The second kappa shape index (κ2) is 6.40. The third-order valence-electron chi connectivity index (χ3n) is 4.43. The van der Waals surface area contributed by atoms with Crippen LogP contribution < -0.4 is 5.32 Å². The molecular formula is C19H22FN. The Kier molecular flexibility index (Phi) is 4.35. The Labute approximate surface area is 126 Å². The van der Waals surface area contributed by atoms with Crippen LogP contribution in [0.1, 0.15) is 43.2 Å². The second-order valence-electron chi connectivity index (χ2n) is 5.80. The van der Waals surface area contributed by atoms with Crippen LogP contribution in [-0.2, 0) is 6.54 Å². The number of hydrogen-bond donors (Lipinski definition) is 1. The van der Waals surface area contributed by atoms with E-state index in [-0.39, 0.29) is 5.82 Å². The normalized spacial score (nSPS) is 15.0. The maximum Gasteiger partial charge on any atom is 0.127 e. The lowest BCUT2D eigenvalue weighted by atomic mass is 9.77. The van der Waals surface area contributed by atoms with Gasteiger partial charge in [0, 0.05) is 12.1 Å². The summed E-state index contributed by atoms with van der Waals surface area (Å²) in [7, 11) is 0. The van der Waals surface area contributed by atoms with E-state index in [0.29, 0.717) is 12.5 Å². The fourth-order valence-electron chi connectivity index (χ4n) is 2.97. The van der Waals surface area contributed by atoms with Crippen LogP contribution in [0.15, 0.2) is 42.5 Å². The number of rotatable bonds is 5. The molecule has 21 heavy (non-hydrogen) atoms. The van der Waals surface area contributed by atoms with Crippen molar-refractivity contribution in [1.82, 2.24) is 5.32 Å². The van der Waals surface area contributed by atoms with Gasteiger partial charge in [-0.1, -0.05) is 43.7 Å². The topological polar surface area (TPSA) is 12.0 Å². The van der Waals surface area contributed by atoms with E-state index in [1.807, 2.05) is 19.1 Å². The number of nitrogens with one attached hydrogen (secondary N) is 1. The van der Waals surface area contributed by atoms with Gasteiger partial charge in [-0.25, -0.2) is 4.39 Å². The van der Waals surface area contributed by atoms with Crippen molar-refractivity contribution in [3.63, 3.8) is 0 Å². The van der Waals surface area contributed by atoms with E-state index in [1.165, 1.54) is 30.4 Å². The number of benzene rings is 2. The summed E-state index contributed by atoms with van der Waals surface area (Å²) in [5, 5.41) is 3.20. The largest absolute Gasteiger partial charge is 0.313 e. The Morgan fingerprint density at radius 3 is 2.67 bits per heavy atom. The molecule has 0 spiro atoms. The van der Waals surface area contributed by atoms with Crippen molar-refractivity contribution in [2.75, 3.05) is 6.54 Å². The Hall–Kier alpha value is -1.67. The van der Waals surface area contributed by atoms with Gasteiger partial charge in [0.15, 0.2) is 0 Å². The van der Waals surface area contributed by atoms with Crippen molar-refractivity contribution >= 4 is 0 Å². The van der Waals surface area contributed by atoms with Crippen LogP contribution in [-0.4, -0.2) is 6.54 Å². The van der Waals surface area contributed by atoms with Gasteiger partial charge in [0.2, 0.25) is 0 Å². The molecule has 0 amide bonds. The number of halogens is 1. The first kappa shape index (κ1) is 14.3. The molecule has 2 aromatic carbocycles. The summed E-state index contributed by atoms with van der Waals surface area (Å²) in [6.45, 7) is 3.47. The zero-order valence-corrected chi connectivity index (χ0v) is 12.5. The van der Waals surface area contributed by atoms with Gasteiger partial charge in [0.25, 0.3) is 0 Å². The third-order valence-corrected chi connectivity index (χ3v) is 4.43. The van der Waals surface area contributed by atoms with Gasteiger partial charge in [-0.2, -0.15) is 0 Å². The fourth-order valence-corrected chi connectivity index (χ4v) is 2.97. The molecule has 0 saturated heterocycles. The maximum atomic E-state index is 13.9. The molecule has 0 bridgehead atoms. The number of hydrogen-bond acceptors (Lipinski definition) is 1. The SMILES string of the molecule is CCNCc1cc(-c2ccccc2C2CCC2)ccc1F. The highest BCUT2D eigenvalue weighted by molar-refractivity contribution is 5.69. The monoisotopic (exact) mass is 283 g/mol. The molecule has 0 aromatic heterocycles. The molecule has 0 unspecified atom stereocenters. The van der Waals surface area contributed by atoms with Crippen molar-refractivity contribution in [3.05, 3.63) is 59.4 Å². The van der Waals surface area contributed by atoms with Crippen LogP contribution in [0.25, 0.3) is 11.1 Å². The molecular weight excluding hydrogens is 261 g/mol. The molecule has 3 rings (SSSR count). The molecule has 1 aliphatic carbocycles. The molecule has 1 nitrogen and oxygen atoms in total. The molecule has 2 heteroatoms. The summed E-state index contributed by atoms with van der Waals surface area (Å²) in [5.74, 6) is 0.560. The first-order valence-corrected chi connectivity index (χ1v) is 7.88. The summed E-state index contributed by atoms with van der Waals surface area (Å²) in [6, 6.07) is 14.1. The van der Waals surface area contributed by atoms with E-state index in [2.05, 4.69) is 29.6 Å². The van der Waals surface area contributed by atoms with Crippen LogP contribution in [0.4, 0.5) is 4.39 Å². The van der Waals surface area contributed by atoms with Crippen LogP contribution in [0.3, 0.4) is 0 Å². The molecule has 1 fully saturated rings. The summed E-state index contributed by atoms with van der Waals surface area (Å²) >= 11 is 0. The highest BCUT2D eigenvalue weighted by Crippen LogP contribution is 2.41. The van der Waals surface area contributed by atoms with E-state index in [4.69, 9.17) is 0 Å². The minimum Gasteiger partial charge on any atom is -0.313 e. The maximum absolute atomic E-state index is 13.9. The van der Waals surface area contributed by atoms with Gasteiger partial charge >= 0.3 is 0 Å². The summed E-state index contributed by atoms with van der Waals surface area (Å²) in [5.41, 5.74) is 4.56. The molecule has 1 N–H and O–H groups in total. The quantitative estimate of drug-likeness (QED) is 0.825. The first-order valence-electron chi connectivity index (χ1n) is 7.88. The Balaban J connectivity index is 1.96. The van der Waals surface area contributed by atoms with E-state index in [1.54, 1.807) is 6.07 Å². The van der Waals surface area contributed by atoms with Crippen LogP contribution >= 0.6 is 0 Å². The third kappa shape index (κ3) is 3.01. The van der Waals surface area contributed by atoms with Gasteiger partial charge in [-0.3, -0.25) is 0 Å². The molecule has 0 aliphatic heterocycles. The smallest absolute Gasteiger partial charge is 0.127 e. The van der Waals surface area contributed by atoms with Gasteiger partial charge in [0.05, 0.1) is 0 Å². The minimum atomic E-state index is -0.124. The second-order valence-corrected chi connectivity index (χ2v) is 5.80. The van der Waals surface area contributed by atoms with Crippen LogP contribution in [0, 0.1) is 5.82 Å². The van der Waals surface area contributed by atoms with E-state index < -0.39 is 0 Å². The molecule has 0 atom stereocenters.